The van der Waals surface area contributed by atoms with E-state index >= 15 is 0 Å². The van der Waals surface area contributed by atoms with E-state index in [0.717, 1.165) is 22.5 Å². The summed E-state index contributed by atoms with van der Waals surface area (Å²) in [6.45, 7) is 2.08. The van der Waals surface area contributed by atoms with Gasteiger partial charge in [0.05, 0.1) is 5.39 Å². The molecular formula is C16H16N4S. The number of benzene rings is 1. The van der Waals surface area contributed by atoms with Gasteiger partial charge in [-0.3, -0.25) is 0 Å². The second kappa shape index (κ2) is 4.70. The zero-order valence-electron chi connectivity index (χ0n) is 11.7. The number of nitrogen functional groups attached to an aromatic ring is 1. The van der Waals surface area contributed by atoms with Crippen LogP contribution in [0.1, 0.15) is 22.8 Å². The van der Waals surface area contributed by atoms with Crippen molar-refractivity contribution in [2.45, 2.75) is 25.3 Å². The van der Waals surface area contributed by atoms with E-state index in [1.807, 2.05) is 0 Å². The van der Waals surface area contributed by atoms with Gasteiger partial charge in [-0.05, 0) is 25.0 Å². The maximum Gasteiger partial charge on any atom is 0.223 e. The Morgan fingerprint density at radius 2 is 2.05 bits per heavy atom. The minimum absolute atomic E-state index is 0.337. The summed E-state index contributed by atoms with van der Waals surface area (Å²) in [7, 11) is 0. The Morgan fingerprint density at radius 1 is 1.24 bits per heavy atom. The summed E-state index contributed by atoms with van der Waals surface area (Å²) in [5, 5.41) is 4.61. The summed E-state index contributed by atoms with van der Waals surface area (Å²) in [5.74, 6) is 1.77. The molecule has 4 nitrogen and oxygen atoms in total. The fraction of sp³-hybridized carbons (Fsp3) is 0.250. The average molecular weight is 296 g/mol. The van der Waals surface area contributed by atoms with Crippen molar-refractivity contribution in [3.63, 3.8) is 0 Å². The van der Waals surface area contributed by atoms with Crippen molar-refractivity contribution in [1.82, 2.24) is 9.97 Å². The molecule has 4 rings (SSSR count). The third-order valence-electron chi connectivity index (χ3n) is 3.87. The fourth-order valence-electron chi connectivity index (χ4n) is 2.77. The molecule has 3 aromatic rings. The number of fused-ring (bicyclic) bond motifs is 1. The molecule has 106 valence electrons. The summed E-state index contributed by atoms with van der Waals surface area (Å²) in [6, 6.07) is 13.2. The molecule has 2 aromatic heterocycles. The number of nitrogens with two attached hydrogens (primary N) is 1. The van der Waals surface area contributed by atoms with Crippen LogP contribution in [0.25, 0.3) is 10.2 Å². The lowest BCUT2D eigenvalue weighted by atomic mass is 10.1. The summed E-state index contributed by atoms with van der Waals surface area (Å²) in [4.78, 5) is 10.9. The van der Waals surface area contributed by atoms with E-state index < -0.39 is 0 Å². The van der Waals surface area contributed by atoms with Crippen molar-refractivity contribution in [2.24, 2.45) is 0 Å². The van der Waals surface area contributed by atoms with E-state index in [-0.39, 0.29) is 0 Å². The van der Waals surface area contributed by atoms with Crippen LogP contribution in [0.3, 0.4) is 0 Å². The molecule has 0 bridgehead atoms. The Morgan fingerprint density at radius 3 is 2.86 bits per heavy atom. The first-order chi connectivity index (χ1) is 10.2. The minimum Gasteiger partial charge on any atom is -0.368 e. The number of aryl methyl sites for hydroxylation is 1. The van der Waals surface area contributed by atoms with E-state index in [2.05, 4.69) is 58.6 Å². The molecule has 21 heavy (non-hydrogen) atoms. The molecule has 1 aliphatic rings. The number of rotatable bonds is 3. The second-order valence-electron chi connectivity index (χ2n) is 5.51. The SMILES string of the molecule is Cc1cc2c(NC3CC3c3ccccc3)nc(N)nc2s1. The van der Waals surface area contributed by atoms with E-state index in [1.165, 1.54) is 10.4 Å². The van der Waals surface area contributed by atoms with Crippen LogP contribution in [0.2, 0.25) is 0 Å². The number of nitrogens with one attached hydrogen (secondary N) is 1. The summed E-state index contributed by atoms with van der Waals surface area (Å²) in [6.07, 6.45) is 1.14. The van der Waals surface area contributed by atoms with Crippen LogP contribution in [-0.4, -0.2) is 16.0 Å². The Hall–Kier alpha value is -2.14. The summed E-state index contributed by atoms with van der Waals surface area (Å²) in [5.41, 5.74) is 7.20. The standard InChI is InChI=1S/C16H16N4S/c1-9-7-12-14(19-16(17)20-15(12)21-9)18-13-8-11(13)10-5-3-2-4-6-10/h2-7,11,13H,8H2,1H3,(H3,17,18,19,20). The molecule has 0 radical (unpaired) electrons. The Bertz CT molecular complexity index is 797. The van der Waals surface area contributed by atoms with Gasteiger partial charge in [-0.25, -0.2) is 4.98 Å². The van der Waals surface area contributed by atoms with E-state index in [4.69, 9.17) is 5.73 Å². The third kappa shape index (κ3) is 2.34. The Balaban J connectivity index is 1.61. The molecule has 1 aliphatic carbocycles. The van der Waals surface area contributed by atoms with Crippen LogP contribution < -0.4 is 11.1 Å². The number of hydrogen-bond donors (Lipinski definition) is 2. The average Bonchev–Trinajstić information content (AvgIpc) is 3.13. The van der Waals surface area contributed by atoms with E-state index in [1.54, 1.807) is 11.3 Å². The van der Waals surface area contributed by atoms with Crippen molar-refractivity contribution in [3.8, 4) is 0 Å². The number of aromatic nitrogens is 2. The van der Waals surface area contributed by atoms with Gasteiger partial charge >= 0.3 is 0 Å². The topological polar surface area (TPSA) is 63.8 Å². The lowest BCUT2D eigenvalue weighted by Gasteiger charge is -2.07. The second-order valence-corrected chi connectivity index (χ2v) is 6.74. The first-order valence-electron chi connectivity index (χ1n) is 7.06. The monoisotopic (exact) mass is 296 g/mol. The van der Waals surface area contributed by atoms with Crippen molar-refractivity contribution >= 4 is 33.3 Å². The Kier molecular flexibility index (Phi) is 2.82. The first-order valence-corrected chi connectivity index (χ1v) is 7.87. The number of hydrogen-bond acceptors (Lipinski definition) is 5. The van der Waals surface area contributed by atoms with Gasteiger partial charge in [0.2, 0.25) is 5.95 Å². The molecule has 1 fully saturated rings. The van der Waals surface area contributed by atoms with Crippen molar-refractivity contribution in [3.05, 3.63) is 46.8 Å². The summed E-state index contributed by atoms with van der Waals surface area (Å²) >= 11 is 1.65. The molecule has 5 heteroatoms. The number of anilines is 2. The molecule has 2 atom stereocenters. The largest absolute Gasteiger partial charge is 0.368 e. The summed E-state index contributed by atoms with van der Waals surface area (Å²) < 4.78 is 0. The highest BCUT2D eigenvalue weighted by atomic mass is 32.1. The maximum atomic E-state index is 5.82. The molecule has 1 aromatic carbocycles. The van der Waals surface area contributed by atoms with Gasteiger partial charge in [-0.15, -0.1) is 11.3 Å². The highest BCUT2D eigenvalue weighted by molar-refractivity contribution is 7.18. The zero-order valence-corrected chi connectivity index (χ0v) is 12.5. The van der Waals surface area contributed by atoms with Gasteiger partial charge in [0, 0.05) is 16.8 Å². The molecule has 1 saturated carbocycles. The third-order valence-corrected chi connectivity index (χ3v) is 4.82. The van der Waals surface area contributed by atoms with Gasteiger partial charge in [-0.2, -0.15) is 4.98 Å². The molecule has 0 aliphatic heterocycles. The molecule has 3 N–H and O–H groups in total. The highest BCUT2D eigenvalue weighted by Gasteiger charge is 2.38. The van der Waals surface area contributed by atoms with Crippen LogP contribution >= 0.6 is 11.3 Å². The molecule has 2 unspecified atom stereocenters. The molecule has 2 heterocycles. The van der Waals surface area contributed by atoms with E-state index in [0.29, 0.717) is 17.9 Å². The van der Waals surface area contributed by atoms with Crippen LogP contribution in [0.15, 0.2) is 36.4 Å². The number of nitrogens with zero attached hydrogens (tertiary/aromatic N) is 2. The van der Waals surface area contributed by atoms with Gasteiger partial charge < -0.3 is 11.1 Å². The van der Waals surface area contributed by atoms with Gasteiger partial charge in [0.15, 0.2) is 0 Å². The molecular weight excluding hydrogens is 280 g/mol. The van der Waals surface area contributed by atoms with Gasteiger partial charge in [0.1, 0.15) is 10.6 Å². The number of thiophene rings is 1. The van der Waals surface area contributed by atoms with Crippen LogP contribution in [0, 0.1) is 6.92 Å². The predicted octanol–water partition coefficient (Wildman–Crippen LogP) is 3.55. The van der Waals surface area contributed by atoms with Gasteiger partial charge in [0.25, 0.3) is 0 Å². The minimum atomic E-state index is 0.337. The molecule has 0 amide bonds. The predicted molar refractivity (Wildman–Crippen MR) is 87.8 cm³/mol. The lowest BCUT2D eigenvalue weighted by Crippen LogP contribution is -2.08. The maximum absolute atomic E-state index is 5.82. The fourth-order valence-corrected chi connectivity index (χ4v) is 3.65. The van der Waals surface area contributed by atoms with Crippen LogP contribution in [0.4, 0.5) is 11.8 Å². The van der Waals surface area contributed by atoms with Crippen LogP contribution in [-0.2, 0) is 0 Å². The highest BCUT2D eigenvalue weighted by Crippen LogP contribution is 2.43. The Labute approximate surface area is 127 Å². The van der Waals surface area contributed by atoms with Crippen molar-refractivity contribution in [1.29, 1.82) is 0 Å². The molecule has 0 saturated heterocycles. The van der Waals surface area contributed by atoms with Crippen molar-refractivity contribution in [2.75, 3.05) is 11.1 Å². The smallest absolute Gasteiger partial charge is 0.223 e. The van der Waals surface area contributed by atoms with Crippen LogP contribution in [0.5, 0.6) is 0 Å². The van der Waals surface area contributed by atoms with Crippen molar-refractivity contribution < 1.29 is 0 Å². The lowest BCUT2D eigenvalue weighted by molar-refractivity contribution is 1.03. The first kappa shape index (κ1) is 12.6. The van der Waals surface area contributed by atoms with Gasteiger partial charge in [-0.1, -0.05) is 30.3 Å². The zero-order chi connectivity index (χ0) is 14.4. The quantitative estimate of drug-likeness (QED) is 0.776. The normalized spacial score (nSPS) is 20.6. The molecule has 0 spiro atoms. The van der Waals surface area contributed by atoms with E-state index in [9.17, 15) is 0 Å².